The van der Waals surface area contributed by atoms with Crippen molar-refractivity contribution in [2.45, 2.75) is 0 Å². The molecule has 0 N–H and O–H groups in total. The van der Waals surface area contributed by atoms with Gasteiger partial charge in [0.25, 0.3) is 0 Å². The third kappa shape index (κ3) is 2.19. The molecule has 0 fully saturated rings. The molecule has 0 unspecified atom stereocenters. The van der Waals surface area contributed by atoms with Crippen molar-refractivity contribution >= 4 is 54.3 Å². The molecule has 0 bridgehead atoms. The average Bonchev–Trinajstić information content (AvgIpc) is 3.19. The van der Waals surface area contributed by atoms with Crippen molar-refractivity contribution in [1.29, 1.82) is 0 Å². The van der Waals surface area contributed by atoms with E-state index in [0.717, 1.165) is 5.52 Å². The fourth-order valence-corrected chi connectivity index (χ4v) is 5.14. The standard InChI is InChI=1S/C29H18N2/c1-2-9-19(10-3-1)31-26-15-7-6-11-20(26)25-17-16-22-24-14-8-18-30-28(24)23-13-5-4-12-21(23)27(22)29(25)31/h1-18H. The van der Waals surface area contributed by atoms with Gasteiger partial charge in [0.1, 0.15) is 0 Å². The number of nitrogens with zero attached hydrogens (tertiary/aromatic N) is 2. The van der Waals surface area contributed by atoms with Crippen LogP contribution in [0.2, 0.25) is 0 Å². The summed E-state index contributed by atoms with van der Waals surface area (Å²) in [5.74, 6) is 0. The molecule has 2 heterocycles. The second-order valence-corrected chi connectivity index (χ2v) is 8.02. The van der Waals surface area contributed by atoms with Gasteiger partial charge in [-0.15, -0.1) is 0 Å². The first-order valence-electron chi connectivity index (χ1n) is 10.6. The predicted octanol–water partition coefficient (Wildman–Crippen LogP) is 7.64. The number of pyridine rings is 1. The third-order valence-electron chi connectivity index (χ3n) is 6.40. The van der Waals surface area contributed by atoms with Crippen LogP contribution in [-0.4, -0.2) is 9.55 Å². The summed E-state index contributed by atoms with van der Waals surface area (Å²) >= 11 is 0. The average molecular weight is 394 g/mol. The number of hydrogen-bond donors (Lipinski definition) is 0. The fourth-order valence-electron chi connectivity index (χ4n) is 5.14. The van der Waals surface area contributed by atoms with Crippen LogP contribution >= 0.6 is 0 Å². The first kappa shape index (κ1) is 16.6. The van der Waals surface area contributed by atoms with Crippen LogP contribution in [0.4, 0.5) is 0 Å². The minimum Gasteiger partial charge on any atom is -0.309 e. The van der Waals surface area contributed by atoms with E-state index in [9.17, 15) is 0 Å². The largest absolute Gasteiger partial charge is 0.309 e. The first-order chi connectivity index (χ1) is 15.4. The molecule has 0 atom stereocenters. The normalized spacial score (nSPS) is 11.9. The van der Waals surface area contributed by atoms with Crippen molar-refractivity contribution < 1.29 is 0 Å². The SMILES string of the molecule is c1ccc(-n2c3ccccc3c3ccc4c5cccnc5c5ccccc5c4c32)cc1. The van der Waals surface area contributed by atoms with Crippen LogP contribution in [0.15, 0.2) is 109 Å². The molecule has 2 nitrogen and oxygen atoms in total. The smallest absolute Gasteiger partial charge is 0.0786 e. The van der Waals surface area contributed by atoms with E-state index >= 15 is 0 Å². The quantitative estimate of drug-likeness (QED) is 0.262. The van der Waals surface area contributed by atoms with Crippen molar-refractivity contribution in [3.05, 3.63) is 109 Å². The zero-order valence-electron chi connectivity index (χ0n) is 16.8. The van der Waals surface area contributed by atoms with Gasteiger partial charge >= 0.3 is 0 Å². The zero-order valence-corrected chi connectivity index (χ0v) is 16.8. The third-order valence-corrected chi connectivity index (χ3v) is 6.40. The molecule has 0 aliphatic rings. The molecule has 0 radical (unpaired) electrons. The number of fused-ring (bicyclic) bond motifs is 10. The Labute approximate surface area is 179 Å². The minimum absolute atomic E-state index is 1.06. The molecule has 7 rings (SSSR count). The topological polar surface area (TPSA) is 17.8 Å². The van der Waals surface area contributed by atoms with Crippen LogP contribution in [0.25, 0.3) is 59.9 Å². The zero-order chi connectivity index (χ0) is 20.4. The number of benzene rings is 5. The Bertz CT molecular complexity index is 1740. The highest BCUT2D eigenvalue weighted by Crippen LogP contribution is 2.42. The molecule has 0 aliphatic carbocycles. The molecule has 0 saturated heterocycles. The second kappa shape index (κ2) is 6.16. The fraction of sp³-hybridized carbons (Fsp3) is 0. The molecule has 144 valence electrons. The van der Waals surface area contributed by atoms with Gasteiger partial charge < -0.3 is 4.57 Å². The molecule has 0 saturated carbocycles. The molecular formula is C29H18N2. The summed E-state index contributed by atoms with van der Waals surface area (Å²) in [6, 6.07) is 36.8. The lowest BCUT2D eigenvalue weighted by atomic mass is 9.95. The number of para-hydroxylation sites is 2. The molecule has 2 aromatic heterocycles. The lowest BCUT2D eigenvalue weighted by molar-refractivity contribution is 1.19. The summed E-state index contributed by atoms with van der Waals surface area (Å²) in [6.45, 7) is 0. The first-order valence-corrected chi connectivity index (χ1v) is 10.6. The van der Waals surface area contributed by atoms with Gasteiger partial charge in [0.2, 0.25) is 0 Å². The van der Waals surface area contributed by atoms with E-state index in [1.165, 1.54) is 54.4 Å². The highest BCUT2D eigenvalue weighted by atomic mass is 15.0. The number of hydrogen-bond acceptors (Lipinski definition) is 1. The van der Waals surface area contributed by atoms with Crippen LogP contribution in [0, 0.1) is 0 Å². The summed E-state index contributed by atoms with van der Waals surface area (Å²) in [5, 5.41) is 8.72. The molecular weight excluding hydrogens is 376 g/mol. The minimum atomic E-state index is 1.06. The highest BCUT2D eigenvalue weighted by molar-refractivity contribution is 6.32. The monoisotopic (exact) mass is 394 g/mol. The molecule has 31 heavy (non-hydrogen) atoms. The van der Waals surface area contributed by atoms with Crippen molar-refractivity contribution in [3.63, 3.8) is 0 Å². The van der Waals surface area contributed by atoms with Gasteiger partial charge in [-0.25, -0.2) is 0 Å². The Morgan fingerprint density at radius 3 is 1.94 bits per heavy atom. The summed E-state index contributed by atoms with van der Waals surface area (Å²) in [5.41, 5.74) is 4.72. The van der Waals surface area contributed by atoms with Crippen molar-refractivity contribution in [1.82, 2.24) is 9.55 Å². The van der Waals surface area contributed by atoms with E-state index in [2.05, 4.69) is 102 Å². The number of rotatable bonds is 1. The van der Waals surface area contributed by atoms with Gasteiger partial charge in [0.15, 0.2) is 0 Å². The number of aromatic nitrogens is 2. The van der Waals surface area contributed by atoms with Crippen LogP contribution in [0.5, 0.6) is 0 Å². The molecule has 7 aromatic rings. The van der Waals surface area contributed by atoms with Crippen molar-refractivity contribution in [2.75, 3.05) is 0 Å². The predicted molar refractivity (Wildman–Crippen MR) is 131 cm³/mol. The Morgan fingerprint density at radius 2 is 1.10 bits per heavy atom. The molecule has 0 aliphatic heterocycles. The van der Waals surface area contributed by atoms with E-state index in [1.54, 1.807) is 0 Å². The maximum Gasteiger partial charge on any atom is 0.0786 e. The van der Waals surface area contributed by atoms with E-state index in [4.69, 9.17) is 4.98 Å². The summed E-state index contributed by atoms with van der Waals surface area (Å²) < 4.78 is 2.42. The van der Waals surface area contributed by atoms with E-state index in [1.807, 2.05) is 12.3 Å². The highest BCUT2D eigenvalue weighted by Gasteiger charge is 2.18. The molecule has 0 spiro atoms. The van der Waals surface area contributed by atoms with E-state index < -0.39 is 0 Å². The van der Waals surface area contributed by atoms with Crippen LogP contribution in [-0.2, 0) is 0 Å². The van der Waals surface area contributed by atoms with Crippen molar-refractivity contribution in [3.8, 4) is 5.69 Å². The molecule has 2 heteroatoms. The Hall–Kier alpha value is -4.17. The van der Waals surface area contributed by atoms with Gasteiger partial charge in [-0.2, -0.15) is 0 Å². The van der Waals surface area contributed by atoms with E-state index in [-0.39, 0.29) is 0 Å². The molecule has 0 amide bonds. The van der Waals surface area contributed by atoms with Crippen LogP contribution < -0.4 is 0 Å². The summed E-state index contributed by atoms with van der Waals surface area (Å²) in [7, 11) is 0. The Balaban J connectivity index is 1.86. The summed E-state index contributed by atoms with van der Waals surface area (Å²) in [4.78, 5) is 4.76. The van der Waals surface area contributed by atoms with E-state index in [0.29, 0.717) is 0 Å². The van der Waals surface area contributed by atoms with Crippen molar-refractivity contribution in [2.24, 2.45) is 0 Å². The lowest BCUT2D eigenvalue weighted by Gasteiger charge is -2.14. The van der Waals surface area contributed by atoms with Gasteiger partial charge in [0, 0.05) is 38.8 Å². The summed E-state index contributed by atoms with van der Waals surface area (Å²) in [6.07, 6.45) is 1.89. The van der Waals surface area contributed by atoms with Gasteiger partial charge in [-0.05, 0) is 35.0 Å². The lowest BCUT2D eigenvalue weighted by Crippen LogP contribution is -1.95. The van der Waals surface area contributed by atoms with Gasteiger partial charge in [-0.1, -0.05) is 78.9 Å². The van der Waals surface area contributed by atoms with Gasteiger partial charge in [-0.3, -0.25) is 4.98 Å². The Kier molecular flexibility index (Phi) is 3.30. The molecule has 5 aromatic carbocycles. The second-order valence-electron chi connectivity index (χ2n) is 8.02. The van der Waals surface area contributed by atoms with Crippen LogP contribution in [0.3, 0.4) is 0 Å². The maximum atomic E-state index is 4.76. The Morgan fingerprint density at radius 1 is 0.484 bits per heavy atom. The van der Waals surface area contributed by atoms with Crippen LogP contribution in [0.1, 0.15) is 0 Å². The van der Waals surface area contributed by atoms with Gasteiger partial charge in [0.05, 0.1) is 16.6 Å². The maximum absolute atomic E-state index is 4.76.